The maximum absolute atomic E-state index is 10.2. The fourth-order valence-corrected chi connectivity index (χ4v) is 5.80. The molecule has 0 aliphatic heterocycles. The number of hydrogen-bond donors (Lipinski definition) is 0. The van der Waals surface area contributed by atoms with Gasteiger partial charge in [0.25, 0.3) is 0 Å². The predicted molar refractivity (Wildman–Crippen MR) is 122 cm³/mol. The molecular formula is C28H32N2. The Labute approximate surface area is 181 Å². The molecule has 4 rings (SSSR count). The predicted octanol–water partition coefficient (Wildman–Crippen LogP) is 7.27. The highest BCUT2D eigenvalue weighted by molar-refractivity contribution is 5.74. The van der Waals surface area contributed by atoms with Crippen molar-refractivity contribution < 1.29 is 0 Å². The summed E-state index contributed by atoms with van der Waals surface area (Å²) < 4.78 is 0. The highest BCUT2D eigenvalue weighted by Crippen LogP contribution is 2.69. The molecule has 0 radical (unpaired) electrons. The van der Waals surface area contributed by atoms with E-state index in [4.69, 9.17) is 0 Å². The normalized spacial score (nSPS) is 30.5. The molecule has 0 aromatic heterocycles. The van der Waals surface area contributed by atoms with Crippen molar-refractivity contribution >= 4 is 0 Å². The van der Waals surface area contributed by atoms with E-state index < -0.39 is 0 Å². The van der Waals surface area contributed by atoms with E-state index in [1.807, 2.05) is 0 Å². The summed E-state index contributed by atoms with van der Waals surface area (Å²) in [5.41, 5.74) is 7.87. The Morgan fingerprint density at radius 3 is 1.27 bits per heavy atom. The van der Waals surface area contributed by atoms with Gasteiger partial charge in [-0.05, 0) is 46.0 Å². The van der Waals surface area contributed by atoms with E-state index in [0.29, 0.717) is 11.1 Å². The minimum absolute atomic E-state index is 0.0123. The summed E-state index contributed by atoms with van der Waals surface area (Å²) in [6.45, 7) is 17.9. The van der Waals surface area contributed by atoms with E-state index in [0.717, 1.165) is 24.0 Å². The summed E-state index contributed by atoms with van der Waals surface area (Å²) in [7, 11) is 0. The van der Waals surface area contributed by atoms with Gasteiger partial charge in [-0.25, -0.2) is 0 Å². The van der Waals surface area contributed by atoms with E-state index in [9.17, 15) is 10.5 Å². The zero-order chi connectivity index (χ0) is 22.3. The lowest BCUT2D eigenvalue weighted by molar-refractivity contribution is 0.204. The van der Waals surface area contributed by atoms with Crippen LogP contribution in [0.1, 0.15) is 68.2 Å². The molecule has 0 unspecified atom stereocenters. The number of nitrogens with zero attached hydrogens (tertiary/aromatic N) is 2. The summed E-state index contributed by atoms with van der Waals surface area (Å²) in [4.78, 5) is 0. The molecule has 4 aliphatic carbocycles. The Bertz CT molecular complexity index is 1040. The minimum Gasteiger partial charge on any atom is -0.192 e. The maximum Gasteiger partial charge on any atom is 0.101 e. The van der Waals surface area contributed by atoms with Crippen molar-refractivity contribution in [3.63, 3.8) is 0 Å². The monoisotopic (exact) mass is 396 g/mol. The minimum atomic E-state index is -0.299. The molecule has 0 bridgehead atoms. The van der Waals surface area contributed by atoms with E-state index in [-0.39, 0.29) is 21.7 Å². The van der Waals surface area contributed by atoms with Gasteiger partial charge in [-0.15, -0.1) is 0 Å². The van der Waals surface area contributed by atoms with E-state index >= 15 is 0 Å². The highest BCUT2D eigenvalue weighted by atomic mass is 14.6. The largest absolute Gasteiger partial charge is 0.192 e. The molecule has 0 aromatic carbocycles. The molecule has 0 spiro atoms. The topological polar surface area (TPSA) is 47.6 Å². The Balaban J connectivity index is 2.16. The van der Waals surface area contributed by atoms with Crippen LogP contribution in [-0.2, 0) is 0 Å². The zero-order valence-corrected chi connectivity index (χ0v) is 19.6. The van der Waals surface area contributed by atoms with Crippen molar-refractivity contribution in [2.45, 2.75) is 68.2 Å². The molecule has 1 saturated carbocycles. The molecule has 4 aliphatic rings. The molecule has 0 N–H and O–H groups in total. The number of nitriles is 2. The Hall–Kier alpha value is -2.58. The van der Waals surface area contributed by atoms with Crippen LogP contribution in [0.2, 0.25) is 0 Å². The van der Waals surface area contributed by atoms with Gasteiger partial charge in [0.2, 0.25) is 0 Å². The first kappa shape index (κ1) is 20.7. The van der Waals surface area contributed by atoms with Crippen molar-refractivity contribution in [2.75, 3.05) is 0 Å². The molecule has 2 nitrogen and oxygen atoms in total. The summed E-state index contributed by atoms with van der Waals surface area (Å²) >= 11 is 0. The average Bonchev–Trinajstić information content (AvgIpc) is 2.63. The van der Waals surface area contributed by atoms with Crippen LogP contribution in [0.3, 0.4) is 0 Å². The first-order valence-corrected chi connectivity index (χ1v) is 11.0. The summed E-state index contributed by atoms with van der Waals surface area (Å²) in [5, 5.41) is 20.5. The summed E-state index contributed by atoms with van der Waals surface area (Å²) in [6.07, 6.45) is 11.2. The van der Waals surface area contributed by atoms with Crippen LogP contribution < -0.4 is 0 Å². The molecular weight excluding hydrogens is 364 g/mol. The van der Waals surface area contributed by atoms with Crippen LogP contribution in [0.15, 0.2) is 68.9 Å². The molecule has 30 heavy (non-hydrogen) atoms. The Morgan fingerprint density at radius 1 is 0.667 bits per heavy atom. The van der Waals surface area contributed by atoms with Crippen LogP contribution in [0.5, 0.6) is 0 Å². The van der Waals surface area contributed by atoms with Gasteiger partial charge in [-0.2, -0.15) is 10.5 Å². The Morgan fingerprint density at radius 2 is 1.00 bits per heavy atom. The number of rotatable bonds is 0. The maximum atomic E-state index is 10.2. The van der Waals surface area contributed by atoms with E-state index in [2.05, 4.69) is 91.8 Å². The highest BCUT2D eigenvalue weighted by Gasteiger charge is 2.60. The van der Waals surface area contributed by atoms with Gasteiger partial charge in [0.1, 0.15) is 12.1 Å². The lowest BCUT2D eigenvalue weighted by Crippen LogP contribution is -2.50. The third kappa shape index (κ3) is 2.40. The van der Waals surface area contributed by atoms with Crippen molar-refractivity contribution in [3.05, 3.63) is 68.9 Å². The SMILES string of the molecule is CC(C)(C)C1=CC2=C(C#N)C(C#N)=C3C=C(C(C)(C)C)C=C4CCC(=C1)[C@@]2(C)[C@]43C. The number of allylic oxidation sites excluding steroid dienone is 12. The van der Waals surface area contributed by atoms with Crippen molar-refractivity contribution in [3.8, 4) is 12.1 Å². The molecule has 154 valence electrons. The average molecular weight is 397 g/mol. The fourth-order valence-electron chi connectivity index (χ4n) is 5.80. The van der Waals surface area contributed by atoms with E-state index in [1.54, 1.807) is 0 Å². The van der Waals surface area contributed by atoms with Crippen LogP contribution >= 0.6 is 0 Å². The molecule has 0 aromatic rings. The quantitative estimate of drug-likeness (QED) is 0.432. The second-order valence-corrected chi connectivity index (χ2v) is 11.6. The molecule has 0 amide bonds. The van der Waals surface area contributed by atoms with Gasteiger partial charge >= 0.3 is 0 Å². The van der Waals surface area contributed by atoms with Crippen molar-refractivity contribution in [1.82, 2.24) is 0 Å². The lowest BCUT2D eigenvalue weighted by Gasteiger charge is -2.59. The first-order chi connectivity index (χ1) is 13.8. The molecule has 2 heteroatoms. The molecule has 1 fully saturated rings. The van der Waals surface area contributed by atoms with Gasteiger partial charge in [0.15, 0.2) is 0 Å². The molecule has 2 atom stereocenters. The van der Waals surface area contributed by atoms with Gasteiger partial charge in [0.05, 0.1) is 11.1 Å². The molecule has 0 saturated heterocycles. The standard InChI is InChI=1S/C28H32N2/c1-25(2,3)19-11-17-9-10-18-12-20(26(4,5)6)14-24-22(16-30)21(15-29)23(13-19)27(17,7)28(18,24)8/h11-14H,9-10H2,1-8H3/t27-,28-/m1/s1. The van der Waals surface area contributed by atoms with Crippen molar-refractivity contribution in [2.24, 2.45) is 21.7 Å². The van der Waals surface area contributed by atoms with Crippen LogP contribution in [0, 0.1) is 44.3 Å². The van der Waals surface area contributed by atoms with Crippen LogP contribution in [0.25, 0.3) is 0 Å². The lowest BCUT2D eigenvalue weighted by atomic mass is 9.42. The van der Waals surface area contributed by atoms with E-state index in [1.165, 1.54) is 22.3 Å². The van der Waals surface area contributed by atoms with Crippen molar-refractivity contribution in [1.29, 1.82) is 10.5 Å². The Kier molecular flexibility index (Phi) is 4.12. The van der Waals surface area contributed by atoms with Gasteiger partial charge in [-0.3, -0.25) is 0 Å². The van der Waals surface area contributed by atoms with Gasteiger partial charge in [0, 0.05) is 10.8 Å². The summed E-state index contributed by atoms with van der Waals surface area (Å²) in [6, 6.07) is 4.89. The van der Waals surface area contributed by atoms with Gasteiger partial charge in [-0.1, -0.05) is 90.8 Å². The summed E-state index contributed by atoms with van der Waals surface area (Å²) in [5.74, 6) is 0. The smallest absolute Gasteiger partial charge is 0.101 e. The van der Waals surface area contributed by atoms with Crippen LogP contribution in [0.4, 0.5) is 0 Å². The third-order valence-electron chi connectivity index (χ3n) is 8.03. The van der Waals surface area contributed by atoms with Gasteiger partial charge < -0.3 is 0 Å². The fraction of sp³-hybridized carbons (Fsp3) is 0.500. The van der Waals surface area contributed by atoms with Crippen LogP contribution in [-0.4, -0.2) is 0 Å². The first-order valence-electron chi connectivity index (χ1n) is 11.0. The third-order valence-corrected chi connectivity index (χ3v) is 8.03. The zero-order valence-electron chi connectivity index (χ0n) is 19.6. The molecule has 0 heterocycles. The second kappa shape index (κ2) is 5.98. The number of hydrogen-bond acceptors (Lipinski definition) is 2. The second-order valence-electron chi connectivity index (χ2n) is 11.6.